The lowest BCUT2D eigenvalue weighted by atomic mass is 10.1. The van der Waals surface area contributed by atoms with Crippen molar-refractivity contribution < 1.29 is 9.53 Å². The number of nitrogens with zero attached hydrogens (tertiary/aromatic N) is 2. The molecule has 0 spiro atoms. The fraction of sp³-hybridized carbons (Fsp3) is 0.333. The second-order valence-corrected chi connectivity index (χ2v) is 6.08. The van der Waals surface area contributed by atoms with Gasteiger partial charge in [-0.3, -0.25) is 4.79 Å². The molecule has 0 atom stereocenters. The number of carbonyl (C=O) groups is 1. The van der Waals surface area contributed by atoms with Crippen LogP contribution in [0.3, 0.4) is 0 Å². The van der Waals surface area contributed by atoms with Gasteiger partial charge in [-0.1, -0.05) is 11.6 Å². The second-order valence-electron chi connectivity index (χ2n) is 4.93. The second kappa shape index (κ2) is 7.09. The molecule has 2 heterocycles. The Kier molecular flexibility index (Phi) is 4.92. The monoisotopic (exact) mass is 337 g/mol. The van der Waals surface area contributed by atoms with E-state index in [0.717, 1.165) is 24.3 Å². The third kappa shape index (κ3) is 3.58. The molecule has 1 aromatic heterocycles. The molecule has 2 aromatic rings. The van der Waals surface area contributed by atoms with Crippen LogP contribution in [0.15, 0.2) is 29.1 Å². The molecule has 7 heteroatoms. The fourth-order valence-electron chi connectivity index (χ4n) is 2.40. The molecule has 22 heavy (non-hydrogen) atoms. The predicted octanol–water partition coefficient (Wildman–Crippen LogP) is 2.56. The van der Waals surface area contributed by atoms with Gasteiger partial charge in [-0.25, -0.2) is 4.98 Å². The number of nitrogens with one attached hydrogen (secondary N) is 1. The normalized spacial score (nSPS) is 14.9. The van der Waals surface area contributed by atoms with Crippen LogP contribution in [0.2, 0.25) is 5.02 Å². The molecule has 1 saturated heterocycles. The third-order valence-corrected chi connectivity index (χ3v) is 4.32. The van der Waals surface area contributed by atoms with E-state index in [1.165, 1.54) is 11.3 Å². The Morgan fingerprint density at radius 3 is 2.95 bits per heavy atom. The van der Waals surface area contributed by atoms with Crippen LogP contribution < -0.4 is 10.2 Å². The lowest BCUT2D eigenvalue weighted by molar-refractivity contribution is 0.0946. The van der Waals surface area contributed by atoms with Crippen LogP contribution in [0.4, 0.5) is 5.69 Å². The number of morpholine rings is 1. The van der Waals surface area contributed by atoms with Gasteiger partial charge >= 0.3 is 0 Å². The van der Waals surface area contributed by atoms with Crippen LogP contribution in [0, 0.1) is 0 Å². The van der Waals surface area contributed by atoms with E-state index in [2.05, 4.69) is 15.2 Å². The Labute approximate surface area is 137 Å². The van der Waals surface area contributed by atoms with Crippen LogP contribution in [0.5, 0.6) is 0 Å². The van der Waals surface area contributed by atoms with Crippen LogP contribution in [0.25, 0.3) is 0 Å². The zero-order chi connectivity index (χ0) is 15.4. The first kappa shape index (κ1) is 15.3. The maximum Gasteiger partial charge on any atom is 0.271 e. The average molecular weight is 338 g/mol. The topological polar surface area (TPSA) is 54.5 Å². The first-order chi connectivity index (χ1) is 10.7. The van der Waals surface area contributed by atoms with Crippen molar-refractivity contribution in [2.45, 2.75) is 6.54 Å². The molecule has 116 valence electrons. The molecule has 3 rings (SSSR count). The maximum absolute atomic E-state index is 12.0. The summed E-state index contributed by atoms with van der Waals surface area (Å²) in [6, 6.07) is 5.77. The minimum atomic E-state index is -0.172. The van der Waals surface area contributed by atoms with Crippen LogP contribution in [0.1, 0.15) is 16.1 Å². The number of carbonyl (C=O) groups excluding carboxylic acids is 1. The number of rotatable bonds is 4. The summed E-state index contributed by atoms with van der Waals surface area (Å²) in [6.45, 7) is 3.54. The van der Waals surface area contributed by atoms with E-state index in [4.69, 9.17) is 16.3 Å². The molecular formula is C15H16ClN3O2S. The summed E-state index contributed by atoms with van der Waals surface area (Å²) in [5.41, 5.74) is 4.18. The van der Waals surface area contributed by atoms with Gasteiger partial charge in [-0.05, 0) is 23.8 Å². The molecule has 0 radical (unpaired) electrons. The molecule has 1 fully saturated rings. The molecule has 5 nitrogen and oxygen atoms in total. The summed E-state index contributed by atoms with van der Waals surface area (Å²) in [7, 11) is 0. The number of anilines is 1. The summed E-state index contributed by atoms with van der Waals surface area (Å²) in [5, 5.41) is 5.29. The third-order valence-electron chi connectivity index (χ3n) is 3.50. The van der Waals surface area contributed by atoms with Gasteiger partial charge in [0, 0.05) is 35.7 Å². The molecule has 1 aromatic carbocycles. The Morgan fingerprint density at radius 2 is 2.23 bits per heavy atom. The van der Waals surface area contributed by atoms with E-state index >= 15 is 0 Å². The van der Waals surface area contributed by atoms with Gasteiger partial charge in [-0.15, -0.1) is 11.3 Å². The highest BCUT2D eigenvalue weighted by molar-refractivity contribution is 7.07. The molecule has 0 unspecified atom stereocenters. The van der Waals surface area contributed by atoms with Crippen molar-refractivity contribution in [3.63, 3.8) is 0 Å². The summed E-state index contributed by atoms with van der Waals surface area (Å²) < 4.78 is 5.39. The van der Waals surface area contributed by atoms with Gasteiger partial charge in [0.25, 0.3) is 5.91 Å². The molecule has 0 bridgehead atoms. The van der Waals surface area contributed by atoms with E-state index in [1.807, 2.05) is 18.2 Å². The highest BCUT2D eigenvalue weighted by atomic mass is 35.5. The van der Waals surface area contributed by atoms with Crippen LogP contribution >= 0.6 is 22.9 Å². The van der Waals surface area contributed by atoms with E-state index in [9.17, 15) is 4.79 Å². The molecule has 1 aliphatic rings. The lowest BCUT2D eigenvalue weighted by Crippen LogP contribution is -2.37. The molecule has 0 aliphatic carbocycles. The van der Waals surface area contributed by atoms with Crippen LogP contribution in [-0.4, -0.2) is 37.2 Å². The van der Waals surface area contributed by atoms with Crippen molar-refractivity contribution in [3.8, 4) is 0 Å². The van der Waals surface area contributed by atoms with Crippen molar-refractivity contribution >= 4 is 34.5 Å². The van der Waals surface area contributed by atoms with Crippen LogP contribution in [-0.2, 0) is 11.3 Å². The summed E-state index contributed by atoms with van der Waals surface area (Å²) in [4.78, 5) is 18.3. The molecule has 1 amide bonds. The summed E-state index contributed by atoms with van der Waals surface area (Å²) in [5.74, 6) is -0.172. The number of halogens is 1. The minimum absolute atomic E-state index is 0.172. The zero-order valence-corrected chi connectivity index (χ0v) is 13.5. The minimum Gasteiger partial charge on any atom is -0.378 e. The van der Waals surface area contributed by atoms with Crippen molar-refractivity contribution in [1.82, 2.24) is 10.3 Å². The summed E-state index contributed by atoms with van der Waals surface area (Å²) in [6.07, 6.45) is 0. The SMILES string of the molecule is O=C(NCc1cc(Cl)ccc1N1CCOCC1)c1cscn1. The maximum atomic E-state index is 12.0. The standard InChI is InChI=1S/C15H16ClN3O2S/c16-12-1-2-14(19-3-5-21-6-4-19)11(7-12)8-17-15(20)13-9-22-10-18-13/h1-2,7,9-10H,3-6,8H2,(H,17,20). The van der Waals surface area contributed by atoms with E-state index in [1.54, 1.807) is 10.9 Å². The van der Waals surface area contributed by atoms with Gasteiger partial charge in [0.05, 0.1) is 18.7 Å². The van der Waals surface area contributed by atoms with Gasteiger partial charge in [0.15, 0.2) is 0 Å². The van der Waals surface area contributed by atoms with Crippen molar-refractivity contribution in [1.29, 1.82) is 0 Å². The highest BCUT2D eigenvalue weighted by Gasteiger charge is 2.16. The number of thiazole rings is 1. The molecular weight excluding hydrogens is 322 g/mol. The Bertz CT molecular complexity index is 642. The van der Waals surface area contributed by atoms with Crippen molar-refractivity contribution in [2.75, 3.05) is 31.2 Å². The first-order valence-corrected chi connectivity index (χ1v) is 8.33. The average Bonchev–Trinajstić information content (AvgIpc) is 3.08. The van der Waals surface area contributed by atoms with E-state index < -0.39 is 0 Å². The smallest absolute Gasteiger partial charge is 0.271 e. The van der Waals surface area contributed by atoms with E-state index in [0.29, 0.717) is 30.5 Å². The number of hydrogen-bond donors (Lipinski definition) is 1. The van der Waals surface area contributed by atoms with Crippen molar-refractivity contribution in [3.05, 3.63) is 45.4 Å². The quantitative estimate of drug-likeness (QED) is 0.931. The molecule has 0 saturated carbocycles. The lowest BCUT2D eigenvalue weighted by Gasteiger charge is -2.30. The Morgan fingerprint density at radius 1 is 1.41 bits per heavy atom. The number of ether oxygens (including phenoxy) is 1. The number of amides is 1. The predicted molar refractivity (Wildman–Crippen MR) is 87.8 cm³/mol. The number of benzene rings is 1. The molecule has 1 N–H and O–H groups in total. The van der Waals surface area contributed by atoms with Gasteiger partial charge in [-0.2, -0.15) is 0 Å². The largest absolute Gasteiger partial charge is 0.378 e. The van der Waals surface area contributed by atoms with Gasteiger partial charge < -0.3 is 15.0 Å². The van der Waals surface area contributed by atoms with Crippen molar-refractivity contribution in [2.24, 2.45) is 0 Å². The zero-order valence-electron chi connectivity index (χ0n) is 11.9. The van der Waals surface area contributed by atoms with E-state index in [-0.39, 0.29) is 5.91 Å². The fourth-order valence-corrected chi connectivity index (χ4v) is 3.13. The number of hydrogen-bond acceptors (Lipinski definition) is 5. The first-order valence-electron chi connectivity index (χ1n) is 7.01. The van der Waals surface area contributed by atoms with Gasteiger partial charge in [0.1, 0.15) is 5.69 Å². The summed E-state index contributed by atoms with van der Waals surface area (Å²) >= 11 is 7.51. The Balaban J connectivity index is 1.74. The van der Waals surface area contributed by atoms with Gasteiger partial charge in [0.2, 0.25) is 0 Å². The number of aromatic nitrogens is 1. The molecule has 1 aliphatic heterocycles. The highest BCUT2D eigenvalue weighted by Crippen LogP contribution is 2.25. The Hall–Kier alpha value is -1.63.